The van der Waals surface area contributed by atoms with E-state index in [1.54, 1.807) is 0 Å². The van der Waals surface area contributed by atoms with Crippen LogP contribution in [0.25, 0.3) is 0 Å². The Morgan fingerprint density at radius 1 is 1.69 bits per heavy atom. The van der Waals surface area contributed by atoms with Crippen LogP contribution in [0.3, 0.4) is 0 Å². The first-order chi connectivity index (χ1) is 6.18. The van der Waals surface area contributed by atoms with Gasteiger partial charge >= 0.3 is 5.97 Å². The molecule has 1 fully saturated rings. The van der Waals surface area contributed by atoms with Crippen molar-refractivity contribution < 1.29 is 9.90 Å². The number of carboxylic acid groups (broad SMARTS) is 1. The molecule has 0 aromatic carbocycles. The molecule has 76 valence electrons. The standard InChI is InChI=1S/C9H17NO2S/c1-10(4-2-9(11)12)6-8-3-5-13-7-8/h8H,2-7H2,1H3,(H,11,12). The molecule has 1 aliphatic rings. The van der Waals surface area contributed by atoms with Gasteiger partial charge < -0.3 is 10.0 Å². The number of thioether (sulfide) groups is 1. The summed E-state index contributed by atoms with van der Waals surface area (Å²) in [6.07, 6.45) is 1.55. The van der Waals surface area contributed by atoms with E-state index in [4.69, 9.17) is 5.11 Å². The average Bonchev–Trinajstić information content (AvgIpc) is 2.53. The first-order valence-electron chi connectivity index (χ1n) is 4.66. The monoisotopic (exact) mass is 203 g/mol. The quantitative estimate of drug-likeness (QED) is 0.727. The largest absolute Gasteiger partial charge is 0.481 e. The van der Waals surface area contributed by atoms with Crippen molar-refractivity contribution in [3.63, 3.8) is 0 Å². The summed E-state index contributed by atoms with van der Waals surface area (Å²) in [6.45, 7) is 1.73. The van der Waals surface area contributed by atoms with Crippen molar-refractivity contribution in [2.45, 2.75) is 12.8 Å². The van der Waals surface area contributed by atoms with Crippen LogP contribution in [0.2, 0.25) is 0 Å². The van der Waals surface area contributed by atoms with E-state index in [1.165, 1.54) is 17.9 Å². The molecule has 0 radical (unpaired) electrons. The molecule has 1 heterocycles. The third kappa shape index (κ3) is 4.52. The van der Waals surface area contributed by atoms with Crippen molar-refractivity contribution >= 4 is 17.7 Å². The lowest BCUT2D eigenvalue weighted by Gasteiger charge is -2.19. The molecule has 0 aromatic rings. The maximum atomic E-state index is 10.3. The molecule has 3 nitrogen and oxygen atoms in total. The van der Waals surface area contributed by atoms with Crippen LogP contribution in [0.4, 0.5) is 0 Å². The van der Waals surface area contributed by atoms with Gasteiger partial charge in [0.05, 0.1) is 6.42 Å². The minimum atomic E-state index is -0.701. The van der Waals surface area contributed by atoms with Gasteiger partial charge in [0.1, 0.15) is 0 Å². The van der Waals surface area contributed by atoms with Crippen molar-refractivity contribution in [2.75, 3.05) is 31.6 Å². The van der Waals surface area contributed by atoms with E-state index < -0.39 is 5.97 Å². The number of hydrogen-bond acceptors (Lipinski definition) is 3. The first kappa shape index (κ1) is 10.9. The van der Waals surface area contributed by atoms with Gasteiger partial charge in [0.2, 0.25) is 0 Å². The van der Waals surface area contributed by atoms with Crippen LogP contribution in [0.5, 0.6) is 0 Å². The molecule has 0 aromatic heterocycles. The van der Waals surface area contributed by atoms with Gasteiger partial charge in [-0.25, -0.2) is 0 Å². The summed E-state index contributed by atoms with van der Waals surface area (Å²) in [6, 6.07) is 0. The Bertz CT molecular complexity index is 169. The molecular formula is C9H17NO2S. The van der Waals surface area contributed by atoms with Crippen LogP contribution in [0.15, 0.2) is 0 Å². The molecule has 13 heavy (non-hydrogen) atoms. The van der Waals surface area contributed by atoms with Crippen LogP contribution in [0, 0.1) is 5.92 Å². The Morgan fingerprint density at radius 3 is 3.00 bits per heavy atom. The Kier molecular flexibility index (Phi) is 4.59. The van der Waals surface area contributed by atoms with Crippen LogP contribution < -0.4 is 0 Å². The normalized spacial score (nSPS) is 22.5. The summed E-state index contributed by atoms with van der Waals surface area (Å²) in [5, 5.41) is 8.49. The number of carbonyl (C=O) groups is 1. The second kappa shape index (κ2) is 5.50. The van der Waals surface area contributed by atoms with Crippen LogP contribution >= 0.6 is 11.8 Å². The molecule has 0 saturated carbocycles. The molecule has 1 N–H and O–H groups in total. The lowest BCUT2D eigenvalue weighted by molar-refractivity contribution is -0.137. The van der Waals surface area contributed by atoms with E-state index in [9.17, 15) is 4.79 Å². The predicted octanol–water partition coefficient (Wildman–Crippen LogP) is 1.15. The molecule has 0 amide bonds. The zero-order valence-corrected chi connectivity index (χ0v) is 8.85. The summed E-state index contributed by atoms with van der Waals surface area (Å²) in [4.78, 5) is 12.4. The summed E-state index contributed by atoms with van der Waals surface area (Å²) in [7, 11) is 2.01. The fraction of sp³-hybridized carbons (Fsp3) is 0.889. The second-order valence-corrected chi connectivity index (χ2v) is 4.79. The highest BCUT2D eigenvalue weighted by molar-refractivity contribution is 7.99. The van der Waals surface area contributed by atoms with Gasteiger partial charge in [-0.05, 0) is 30.9 Å². The maximum absolute atomic E-state index is 10.3. The molecule has 0 aliphatic carbocycles. The van der Waals surface area contributed by atoms with Crippen molar-refractivity contribution in [2.24, 2.45) is 5.92 Å². The van der Waals surface area contributed by atoms with Crippen molar-refractivity contribution in [3.8, 4) is 0 Å². The second-order valence-electron chi connectivity index (χ2n) is 3.64. The maximum Gasteiger partial charge on any atom is 0.304 e. The third-order valence-electron chi connectivity index (χ3n) is 2.30. The lowest BCUT2D eigenvalue weighted by atomic mass is 10.1. The fourth-order valence-corrected chi connectivity index (χ4v) is 2.82. The van der Waals surface area contributed by atoms with Crippen molar-refractivity contribution in [1.82, 2.24) is 4.90 Å². The Hall–Kier alpha value is -0.220. The van der Waals surface area contributed by atoms with E-state index in [2.05, 4.69) is 4.90 Å². The number of rotatable bonds is 5. The SMILES string of the molecule is CN(CCC(=O)O)CC1CCSC1. The Labute approximate surface area is 83.5 Å². The zero-order valence-electron chi connectivity index (χ0n) is 8.03. The molecule has 1 aliphatic heterocycles. The van der Waals surface area contributed by atoms with Crippen LogP contribution in [-0.2, 0) is 4.79 Å². The average molecular weight is 203 g/mol. The number of carboxylic acids is 1. The van der Waals surface area contributed by atoms with Gasteiger partial charge in [0.25, 0.3) is 0 Å². The zero-order chi connectivity index (χ0) is 9.68. The van der Waals surface area contributed by atoms with Crippen LogP contribution in [0.1, 0.15) is 12.8 Å². The van der Waals surface area contributed by atoms with Crippen molar-refractivity contribution in [3.05, 3.63) is 0 Å². The molecular weight excluding hydrogens is 186 g/mol. The summed E-state index contributed by atoms with van der Waals surface area (Å²) >= 11 is 2.01. The van der Waals surface area contributed by atoms with E-state index in [-0.39, 0.29) is 6.42 Å². The summed E-state index contributed by atoms with van der Waals surface area (Å²) in [5.41, 5.74) is 0. The highest BCUT2D eigenvalue weighted by Crippen LogP contribution is 2.23. The van der Waals surface area contributed by atoms with E-state index >= 15 is 0 Å². The van der Waals surface area contributed by atoms with E-state index in [0.717, 1.165) is 12.5 Å². The molecule has 0 spiro atoms. The molecule has 1 rings (SSSR count). The van der Waals surface area contributed by atoms with Gasteiger partial charge in [-0.15, -0.1) is 0 Å². The van der Waals surface area contributed by atoms with Gasteiger partial charge in [0.15, 0.2) is 0 Å². The summed E-state index contributed by atoms with van der Waals surface area (Å²) < 4.78 is 0. The number of nitrogens with zero attached hydrogens (tertiary/aromatic N) is 1. The van der Waals surface area contributed by atoms with Gasteiger partial charge in [-0.1, -0.05) is 0 Å². The predicted molar refractivity (Wildman–Crippen MR) is 55.2 cm³/mol. The minimum Gasteiger partial charge on any atom is -0.481 e. The Morgan fingerprint density at radius 2 is 2.46 bits per heavy atom. The highest BCUT2D eigenvalue weighted by Gasteiger charge is 2.17. The van der Waals surface area contributed by atoms with E-state index in [1.807, 2.05) is 18.8 Å². The minimum absolute atomic E-state index is 0.260. The van der Waals surface area contributed by atoms with Gasteiger partial charge in [-0.2, -0.15) is 11.8 Å². The van der Waals surface area contributed by atoms with Gasteiger partial charge in [0, 0.05) is 13.1 Å². The van der Waals surface area contributed by atoms with Gasteiger partial charge in [-0.3, -0.25) is 4.79 Å². The topological polar surface area (TPSA) is 40.5 Å². The smallest absolute Gasteiger partial charge is 0.304 e. The number of aliphatic carboxylic acids is 1. The molecule has 1 atom stereocenters. The molecule has 1 unspecified atom stereocenters. The molecule has 0 bridgehead atoms. The third-order valence-corrected chi connectivity index (χ3v) is 3.53. The molecule has 1 saturated heterocycles. The molecule has 4 heteroatoms. The number of hydrogen-bond donors (Lipinski definition) is 1. The van der Waals surface area contributed by atoms with Crippen molar-refractivity contribution in [1.29, 1.82) is 0 Å². The highest BCUT2D eigenvalue weighted by atomic mass is 32.2. The first-order valence-corrected chi connectivity index (χ1v) is 5.82. The van der Waals surface area contributed by atoms with E-state index in [0.29, 0.717) is 6.54 Å². The Balaban J connectivity index is 2.09. The lowest BCUT2D eigenvalue weighted by Crippen LogP contribution is -2.27. The fourth-order valence-electron chi connectivity index (χ4n) is 1.55. The summed E-state index contributed by atoms with van der Waals surface area (Å²) in [5.74, 6) is 2.60. The van der Waals surface area contributed by atoms with Crippen LogP contribution in [-0.4, -0.2) is 47.6 Å².